The summed E-state index contributed by atoms with van der Waals surface area (Å²) in [5.74, 6) is -0.0769. The average Bonchev–Trinajstić information content (AvgIpc) is 3.66. The van der Waals surface area contributed by atoms with Crippen molar-refractivity contribution < 1.29 is 14.7 Å². The predicted octanol–water partition coefficient (Wildman–Crippen LogP) is 5.99. The number of hydrogen-bond acceptors (Lipinski definition) is 3. The molecule has 0 aromatic heterocycles. The fourth-order valence-corrected chi connectivity index (χ4v) is 5.26. The number of hydrogen-bond donors (Lipinski definition) is 2. The summed E-state index contributed by atoms with van der Waals surface area (Å²) < 4.78 is 0. The van der Waals surface area contributed by atoms with Crippen LogP contribution in [0, 0.1) is 11.8 Å². The smallest absolute Gasteiger partial charge is 0.335 e. The van der Waals surface area contributed by atoms with Crippen molar-refractivity contribution in [3.63, 3.8) is 0 Å². The number of carboxylic acids is 1. The first kappa shape index (κ1) is 21.3. The monoisotopic (exact) mass is 440 g/mol. The summed E-state index contributed by atoms with van der Waals surface area (Å²) >= 11 is 0. The van der Waals surface area contributed by atoms with Gasteiger partial charge in [0.2, 0.25) is 5.91 Å². The number of anilines is 2. The third-order valence-electron chi connectivity index (χ3n) is 6.99. The van der Waals surface area contributed by atoms with Crippen LogP contribution in [-0.2, 0) is 4.79 Å². The molecule has 0 saturated heterocycles. The second kappa shape index (κ2) is 8.39. The molecule has 3 aromatic carbocycles. The molecule has 2 aliphatic rings. The van der Waals surface area contributed by atoms with Crippen molar-refractivity contribution in [1.82, 2.24) is 0 Å². The number of nitrogens with one attached hydrogen (secondary N) is 1. The van der Waals surface area contributed by atoms with E-state index in [2.05, 4.69) is 36.5 Å². The molecule has 5 rings (SSSR count). The Hall–Kier alpha value is -3.60. The molecule has 1 aliphatic carbocycles. The van der Waals surface area contributed by atoms with E-state index >= 15 is 0 Å². The molecule has 2 N–H and O–H groups in total. The number of benzene rings is 3. The lowest BCUT2D eigenvalue weighted by molar-refractivity contribution is -0.117. The summed E-state index contributed by atoms with van der Waals surface area (Å²) in [4.78, 5) is 26.1. The van der Waals surface area contributed by atoms with E-state index in [-0.39, 0.29) is 29.5 Å². The van der Waals surface area contributed by atoms with Gasteiger partial charge in [-0.3, -0.25) is 4.79 Å². The van der Waals surface area contributed by atoms with Crippen LogP contribution in [0.25, 0.3) is 11.1 Å². The van der Waals surface area contributed by atoms with Crippen LogP contribution in [0.3, 0.4) is 0 Å². The number of carboxylic acid groups (broad SMARTS) is 1. The van der Waals surface area contributed by atoms with Gasteiger partial charge in [0.05, 0.1) is 11.6 Å². The number of para-hydroxylation sites is 1. The van der Waals surface area contributed by atoms with Crippen molar-refractivity contribution in [2.24, 2.45) is 11.8 Å². The summed E-state index contributed by atoms with van der Waals surface area (Å²) in [7, 11) is 0. The Morgan fingerprint density at radius 3 is 2.21 bits per heavy atom. The molecule has 3 atom stereocenters. The quantitative estimate of drug-likeness (QED) is 0.512. The first-order valence-electron chi connectivity index (χ1n) is 11.5. The first-order chi connectivity index (χ1) is 15.9. The van der Waals surface area contributed by atoms with Crippen molar-refractivity contribution in [2.75, 3.05) is 10.2 Å². The predicted molar refractivity (Wildman–Crippen MR) is 130 cm³/mol. The van der Waals surface area contributed by atoms with Gasteiger partial charge in [-0.05, 0) is 71.8 Å². The zero-order chi connectivity index (χ0) is 23.1. The van der Waals surface area contributed by atoms with Gasteiger partial charge in [-0.1, -0.05) is 43.3 Å². The van der Waals surface area contributed by atoms with E-state index < -0.39 is 5.97 Å². The molecule has 1 fully saturated rings. The van der Waals surface area contributed by atoms with Crippen LogP contribution in [0.1, 0.15) is 48.7 Å². The van der Waals surface area contributed by atoms with E-state index in [9.17, 15) is 14.7 Å². The van der Waals surface area contributed by atoms with E-state index in [1.165, 1.54) is 12.8 Å². The summed E-state index contributed by atoms with van der Waals surface area (Å²) in [6.07, 6.45) is 2.33. The molecule has 1 heterocycles. The van der Waals surface area contributed by atoms with Gasteiger partial charge >= 0.3 is 5.97 Å². The Balaban J connectivity index is 1.61. The summed E-state index contributed by atoms with van der Waals surface area (Å²) in [5.41, 5.74) is 5.35. The van der Waals surface area contributed by atoms with E-state index in [4.69, 9.17) is 0 Å². The van der Waals surface area contributed by atoms with Gasteiger partial charge in [0.1, 0.15) is 0 Å². The molecule has 0 bridgehead atoms. The molecule has 1 aliphatic heterocycles. The van der Waals surface area contributed by atoms with Crippen LogP contribution in [0.15, 0.2) is 72.8 Å². The van der Waals surface area contributed by atoms with E-state index in [0.717, 1.165) is 28.1 Å². The number of carbonyl (C=O) groups excluding carboxylic acids is 1. The van der Waals surface area contributed by atoms with Crippen LogP contribution in [-0.4, -0.2) is 23.0 Å². The maximum Gasteiger partial charge on any atom is 0.335 e. The van der Waals surface area contributed by atoms with Crippen LogP contribution in [0.4, 0.5) is 11.4 Å². The standard InChI is InChI=1S/C28H28N2O3/c1-17-26(29-23-6-4-3-5-7-23)24-16-22(19-8-12-21(13-9-19)28(32)33)14-15-25(24)30(18(2)31)27(17)20-10-11-20/h3-9,12-17,20,26-27,29H,10-11H2,1-2H3,(H,32,33)/t17-,26-,27-/m1/s1. The topological polar surface area (TPSA) is 69.6 Å². The van der Waals surface area contributed by atoms with Gasteiger partial charge in [0.25, 0.3) is 0 Å². The number of amides is 1. The highest BCUT2D eigenvalue weighted by Crippen LogP contribution is 2.50. The summed E-state index contributed by atoms with van der Waals surface area (Å²) in [6, 6.07) is 23.6. The van der Waals surface area contributed by atoms with Gasteiger partial charge < -0.3 is 15.3 Å². The molecule has 1 saturated carbocycles. The lowest BCUT2D eigenvalue weighted by atomic mass is 9.79. The zero-order valence-corrected chi connectivity index (χ0v) is 18.9. The van der Waals surface area contributed by atoms with Crippen molar-refractivity contribution in [3.8, 4) is 11.1 Å². The van der Waals surface area contributed by atoms with Crippen LogP contribution in [0.5, 0.6) is 0 Å². The number of nitrogens with zero attached hydrogens (tertiary/aromatic N) is 1. The highest BCUT2D eigenvalue weighted by atomic mass is 16.4. The maximum absolute atomic E-state index is 12.8. The molecule has 0 unspecified atom stereocenters. The van der Waals surface area contributed by atoms with Gasteiger partial charge in [-0.15, -0.1) is 0 Å². The minimum absolute atomic E-state index is 0.0573. The highest BCUT2D eigenvalue weighted by molar-refractivity contribution is 5.95. The molecule has 168 valence electrons. The number of fused-ring (bicyclic) bond motifs is 1. The Kier molecular flexibility index (Phi) is 5.41. The summed E-state index contributed by atoms with van der Waals surface area (Å²) in [5, 5.41) is 13.0. The summed E-state index contributed by atoms with van der Waals surface area (Å²) in [6.45, 7) is 3.91. The lowest BCUT2D eigenvalue weighted by Gasteiger charge is -2.46. The van der Waals surface area contributed by atoms with E-state index in [0.29, 0.717) is 5.92 Å². The van der Waals surface area contributed by atoms with E-state index in [1.807, 2.05) is 41.3 Å². The molecule has 0 radical (unpaired) electrons. The number of carbonyl (C=O) groups is 2. The Morgan fingerprint density at radius 2 is 1.61 bits per heavy atom. The molecule has 0 spiro atoms. The van der Waals surface area contributed by atoms with Crippen molar-refractivity contribution in [3.05, 3.63) is 83.9 Å². The van der Waals surface area contributed by atoms with Gasteiger partial charge in [0.15, 0.2) is 0 Å². The molecule has 5 heteroatoms. The van der Waals surface area contributed by atoms with Crippen molar-refractivity contribution in [1.29, 1.82) is 0 Å². The third kappa shape index (κ3) is 3.99. The minimum atomic E-state index is -0.934. The van der Waals surface area contributed by atoms with Gasteiger partial charge in [-0.25, -0.2) is 4.79 Å². The lowest BCUT2D eigenvalue weighted by Crippen LogP contribution is -2.51. The van der Waals surface area contributed by atoms with Crippen molar-refractivity contribution >= 4 is 23.3 Å². The second-order valence-corrected chi connectivity index (χ2v) is 9.22. The fraction of sp³-hybridized carbons (Fsp3) is 0.286. The van der Waals surface area contributed by atoms with Crippen molar-refractivity contribution in [2.45, 2.75) is 38.8 Å². The molecule has 5 nitrogen and oxygen atoms in total. The maximum atomic E-state index is 12.8. The fourth-order valence-electron chi connectivity index (χ4n) is 5.26. The molecular weight excluding hydrogens is 412 g/mol. The number of aromatic carboxylic acids is 1. The van der Waals surface area contributed by atoms with E-state index in [1.54, 1.807) is 19.1 Å². The first-order valence-corrected chi connectivity index (χ1v) is 11.5. The third-order valence-corrected chi connectivity index (χ3v) is 6.99. The van der Waals surface area contributed by atoms with Gasteiger partial charge in [0, 0.05) is 30.3 Å². The van der Waals surface area contributed by atoms with Crippen LogP contribution < -0.4 is 10.2 Å². The Morgan fingerprint density at radius 1 is 0.939 bits per heavy atom. The normalized spacial score (nSPS) is 21.9. The molecule has 1 amide bonds. The minimum Gasteiger partial charge on any atom is -0.478 e. The zero-order valence-electron chi connectivity index (χ0n) is 18.9. The number of rotatable bonds is 5. The Bertz CT molecular complexity index is 1190. The highest BCUT2D eigenvalue weighted by Gasteiger charge is 2.47. The Labute approximate surface area is 194 Å². The average molecular weight is 441 g/mol. The largest absolute Gasteiger partial charge is 0.478 e. The molecule has 3 aromatic rings. The second-order valence-electron chi connectivity index (χ2n) is 9.22. The SMILES string of the molecule is CC(=O)N1c2ccc(-c3ccc(C(=O)O)cc3)cc2[C@H](Nc2ccccc2)[C@@H](C)[C@@H]1C1CC1. The molecular formula is C28H28N2O3. The van der Waals surface area contributed by atoms with Crippen LogP contribution >= 0.6 is 0 Å². The van der Waals surface area contributed by atoms with Crippen LogP contribution in [0.2, 0.25) is 0 Å². The van der Waals surface area contributed by atoms with Gasteiger partial charge in [-0.2, -0.15) is 0 Å². The molecule has 33 heavy (non-hydrogen) atoms.